The first kappa shape index (κ1) is 37.8. The molecule has 6 aromatic rings. The fourth-order valence-corrected chi connectivity index (χ4v) is 7.43. The van der Waals surface area contributed by atoms with Crippen LogP contribution >= 0.6 is 11.8 Å². The quantitative estimate of drug-likeness (QED) is 0.0878. The summed E-state index contributed by atoms with van der Waals surface area (Å²) in [6, 6.07) is 43.8. The second-order valence-corrected chi connectivity index (χ2v) is 14.3. The minimum absolute atomic E-state index is 0.0302. The van der Waals surface area contributed by atoms with Crippen LogP contribution < -0.4 is 5.32 Å². The zero-order chi connectivity index (χ0) is 38.0. The van der Waals surface area contributed by atoms with Gasteiger partial charge >= 0.3 is 5.97 Å². The number of carboxylic acid groups (broad SMARTS) is 1. The molecule has 0 unspecified atom stereocenters. The summed E-state index contributed by atoms with van der Waals surface area (Å²) in [7, 11) is 0. The van der Waals surface area contributed by atoms with Gasteiger partial charge in [-0.15, -0.1) is 0 Å². The van der Waals surface area contributed by atoms with Crippen molar-refractivity contribution in [1.82, 2.24) is 10.3 Å². The average Bonchev–Trinajstić information content (AvgIpc) is 3.67. The van der Waals surface area contributed by atoms with Crippen molar-refractivity contribution in [2.45, 2.75) is 62.6 Å². The number of ether oxygens (including phenoxy) is 2. The third-order valence-corrected chi connectivity index (χ3v) is 10.4. The van der Waals surface area contributed by atoms with Crippen LogP contribution in [0.25, 0.3) is 33.7 Å². The third kappa shape index (κ3) is 9.78. The van der Waals surface area contributed by atoms with Crippen molar-refractivity contribution < 1.29 is 33.7 Å². The molecule has 0 aliphatic carbocycles. The number of rotatable bonds is 15. The molecule has 0 radical (unpaired) electrons. The first-order valence-electron chi connectivity index (χ1n) is 18.4. The first-order chi connectivity index (χ1) is 26.9. The minimum atomic E-state index is -0.909. The number of carboxylic acids is 1. The van der Waals surface area contributed by atoms with Crippen LogP contribution in [0.15, 0.2) is 143 Å². The summed E-state index contributed by atoms with van der Waals surface area (Å²) in [5, 5.41) is 22.0. The molecule has 2 heterocycles. The second kappa shape index (κ2) is 18.2. The molecule has 55 heavy (non-hydrogen) atoms. The lowest BCUT2D eigenvalue weighted by molar-refractivity contribution is -0.245. The number of nitrogens with zero attached hydrogens (tertiary/aromatic N) is 1. The highest BCUT2D eigenvalue weighted by atomic mass is 32.2. The van der Waals surface area contributed by atoms with Crippen molar-refractivity contribution in [3.63, 3.8) is 0 Å². The highest BCUT2D eigenvalue weighted by molar-refractivity contribution is 7.99. The Labute approximate surface area is 324 Å². The van der Waals surface area contributed by atoms with E-state index < -0.39 is 12.3 Å². The van der Waals surface area contributed by atoms with E-state index in [0.29, 0.717) is 30.4 Å². The van der Waals surface area contributed by atoms with Gasteiger partial charge in [0.25, 0.3) is 5.22 Å². The van der Waals surface area contributed by atoms with E-state index in [4.69, 9.17) is 24.0 Å². The predicted octanol–water partition coefficient (Wildman–Crippen LogP) is 9.38. The molecule has 3 atom stereocenters. The number of aliphatic carboxylic acids is 1. The zero-order valence-corrected chi connectivity index (χ0v) is 31.0. The van der Waals surface area contributed by atoms with E-state index in [-0.39, 0.29) is 37.6 Å². The number of nitrogens with one attached hydrogen (secondary N) is 1. The number of hydrogen-bond acceptors (Lipinski definition) is 8. The molecular formula is C45H42N2O7S. The Bertz CT molecular complexity index is 2120. The Morgan fingerprint density at radius 2 is 1.42 bits per heavy atom. The zero-order valence-electron chi connectivity index (χ0n) is 30.2. The normalized spacial score (nSPS) is 16.8. The van der Waals surface area contributed by atoms with Crippen LogP contribution in [0.1, 0.15) is 60.3 Å². The highest BCUT2D eigenvalue weighted by Gasteiger charge is 2.33. The van der Waals surface area contributed by atoms with Crippen molar-refractivity contribution in [2.24, 2.45) is 0 Å². The summed E-state index contributed by atoms with van der Waals surface area (Å²) >= 11 is 1.52. The molecule has 7 rings (SSSR count). The number of carbonyl (C=O) groups excluding carboxylic acids is 1. The molecule has 1 aromatic heterocycles. The summed E-state index contributed by atoms with van der Waals surface area (Å²) in [6.07, 6.45) is -0.0353. The Morgan fingerprint density at radius 3 is 2.13 bits per heavy atom. The maximum Gasteiger partial charge on any atom is 0.303 e. The molecule has 1 saturated heterocycles. The molecule has 0 spiro atoms. The molecule has 1 amide bonds. The van der Waals surface area contributed by atoms with Crippen LogP contribution in [0.4, 0.5) is 0 Å². The number of aromatic nitrogens is 1. The largest absolute Gasteiger partial charge is 0.481 e. The van der Waals surface area contributed by atoms with Crippen molar-refractivity contribution >= 4 is 23.6 Å². The molecular weight excluding hydrogens is 713 g/mol. The van der Waals surface area contributed by atoms with E-state index in [1.165, 1.54) is 11.8 Å². The van der Waals surface area contributed by atoms with Gasteiger partial charge in [-0.2, -0.15) is 0 Å². The molecule has 1 aliphatic rings. The Hall–Kier alpha value is -5.52. The monoisotopic (exact) mass is 754 g/mol. The van der Waals surface area contributed by atoms with Gasteiger partial charge in [-0.05, 0) is 34.2 Å². The van der Waals surface area contributed by atoms with E-state index in [9.17, 15) is 14.7 Å². The van der Waals surface area contributed by atoms with E-state index in [0.717, 1.165) is 56.0 Å². The van der Waals surface area contributed by atoms with Crippen LogP contribution in [-0.2, 0) is 32.2 Å². The summed E-state index contributed by atoms with van der Waals surface area (Å²) in [4.78, 5) is 28.1. The van der Waals surface area contributed by atoms with E-state index in [2.05, 4.69) is 5.32 Å². The lowest BCUT2D eigenvalue weighted by atomic mass is 9.97. The smallest absolute Gasteiger partial charge is 0.303 e. The van der Waals surface area contributed by atoms with Crippen LogP contribution in [0.5, 0.6) is 0 Å². The number of benzene rings is 5. The van der Waals surface area contributed by atoms with E-state index >= 15 is 0 Å². The van der Waals surface area contributed by atoms with Crippen molar-refractivity contribution in [2.75, 3.05) is 5.75 Å². The molecule has 5 aromatic carbocycles. The van der Waals surface area contributed by atoms with Crippen LogP contribution in [0.2, 0.25) is 0 Å². The molecule has 280 valence electrons. The van der Waals surface area contributed by atoms with Gasteiger partial charge in [0, 0.05) is 48.3 Å². The standard InChI is InChI=1S/C45H42N2O7S/c48-28-30-18-20-32(21-19-30)39-26-37(29-55-45-47-42(33-10-3-1-4-11-33)43(54-45)34-12-5-2-6-13-34)52-44(53-39)35-24-22-31(23-25-35)38-15-8-7-14-36(38)27-46-40(49)16-9-17-41(50)51/h1-8,10-15,18-25,37,39,44,48H,9,16-17,26-29H2,(H,46,49)(H,50,51)/t37-,39+,44+/m0/s1. The van der Waals surface area contributed by atoms with E-state index in [1.54, 1.807) is 0 Å². The van der Waals surface area contributed by atoms with Gasteiger partial charge in [-0.25, -0.2) is 4.98 Å². The maximum absolute atomic E-state index is 12.4. The summed E-state index contributed by atoms with van der Waals surface area (Å²) in [5.74, 6) is 0.222. The van der Waals surface area contributed by atoms with Gasteiger partial charge < -0.3 is 29.4 Å². The molecule has 3 N–H and O–H groups in total. The van der Waals surface area contributed by atoms with Crippen molar-refractivity contribution in [1.29, 1.82) is 0 Å². The van der Waals surface area contributed by atoms with Crippen LogP contribution in [0.3, 0.4) is 0 Å². The Morgan fingerprint density at radius 1 is 0.745 bits per heavy atom. The molecule has 0 bridgehead atoms. The van der Waals surface area contributed by atoms with Gasteiger partial charge in [0.15, 0.2) is 12.1 Å². The fraction of sp³-hybridized carbons (Fsp3) is 0.222. The van der Waals surface area contributed by atoms with Crippen LogP contribution in [0, 0.1) is 0 Å². The maximum atomic E-state index is 12.4. The molecule has 1 aliphatic heterocycles. The average molecular weight is 755 g/mol. The lowest BCUT2D eigenvalue weighted by Gasteiger charge is -2.36. The molecule has 10 heteroatoms. The van der Waals surface area contributed by atoms with Gasteiger partial charge in [-0.3, -0.25) is 9.59 Å². The SMILES string of the molecule is O=C(O)CCCC(=O)NCc1ccccc1-c1ccc([C@@H]2O[C@H](CSc3nc(-c4ccccc4)c(-c4ccccc4)o3)C[C@H](c3ccc(CO)cc3)O2)cc1. The van der Waals surface area contributed by atoms with Crippen LogP contribution in [-0.4, -0.2) is 38.9 Å². The van der Waals surface area contributed by atoms with E-state index in [1.807, 2.05) is 133 Å². The van der Waals surface area contributed by atoms with Crippen molar-refractivity contribution in [3.8, 4) is 33.7 Å². The summed E-state index contributed by atoms with van der Waals surface area (Å²) in [5.41, 5.74) is 8.35. The number of hydrogen-bond donors (Lipinski definition) is 3. The Kier molecular flexibility index (Phi) is 12.5. The summed E-state index contributed by atoms with van der Waals surface area (Å²) in [6.45, 7) is 0.302. The topological polar surface area (TPSA) is 131 Å². The van der Waals surface area contributed by atoms with Crippen molar-refractivity contribution in [3.05, 3.63) is 156 Å². The molecule has 1 fully saturated rings. The number of carbonyl (C=O) groups is 2. The highest BCUT2D eigenvalue weighted by Crippen LogP contribution is 2.41. The molecule has 9 nitrogen and oxygen atoms in total. The Balaban J connectivity index is 1.09. The molecule has 0 saturated carbocycles. The predicted molar refractivity (Wildman–Crippen MR) is 212 cm³/mol. The number of oxazole rings is 1. The van der Waals surface area contributed by atoms with Gasteiger partial charge in [-0.1, -0.05) is 145 Å². The number of amides is 1. The number of thioether (sulfide) groups is 1. The van der Waals surface area contributed by atoms with Gasteiger partial charge in [0.05, 0.1) is 18.8 Å². The number of aliphatic hydroxyl groups is 1. The van der Waals surface area contributed by atoms with Gasteiger partial charge in [0.1, 0.15) is 5.69 Å². The minimum Gasteiger partial charge on any atom is -0.481 e. The second-order valence-electron chi connectivity index (χ2n) is 13.4. The lowest BCUT2D eigenvalue weighted by Crippen LogP contribution is -2.31. The fourth-order valence-electron chi connectivity index (χ4n) is 6.58. The number of aliphatic hydroxyl groups excluding tert-OH is 1. The summed E-state index contributed by atoms with van der Waals surface area (Å²) < 4.78 is 19.7. The first-order valence-corrected chi connectivity index (χ1v) is 19.3. The van der Waals surface area contributed by atoms with Gasteiger partial charge in [0.2, 0.25) is 5.91 Å². The third-order valence-electron chi connectivity index (χ3n) is 9.48.